The molecule has 2 atom stereocenters. The highest BCUT2D eigenvalue weighted by molar-refractivity contribution is 8.01. The summed E-state index contributed by atoms with van der Waals surface area (Å²) in [7, 11) is 0. The Kier molecular flexibility index (Phi) is 4.45. The second-order valence-corrected chi connectivity index (χ2v) is 7.66. The molecule has 1 aliphatic heterocycles. The number of aliphatic carboxylic acids is 1. The third kappa shape index (κ3) is 3.09. The van der Waals surface area contributed by atoms with Crippen molar-refractivity contribution in [3.05, 3.63) is 0 Å². The van der Waals surface area contributed by atoms with E-state index in [1.54, 1.807) is 11.3 Å². The monoisotopic (exact) mass is 313 g/mol. The fraction of sp³-hybridized carbons (Fsp3) is 0.769. The Hall–Kier alpha value is -0.820. The lowest BCUT2D eigenvalue weighted by Gasteiger charge is -2.43. The van der Waals surface area contributed by atoms with Crippen LogP contribution in [0.1, 0.15) is 38.5 Å². The van der Waals surface area contributed by atoms with Gasteiger partial charge in [0.25, 0.3) is 0 Å². The molecule has 0 aromatic carbocycles. The molecule has 3 rings (SSSR count). The van der Waals surface area contributed by atoms with Gasteiger partial charge in [0.15, 0.2) is 4.34 Å². The van der Waals surface area contributed by atoms with Gasteiger partial charge in [-0.25, -0.2) is 0 Å². The van der Waals surface area contributed by atoms with Crippen molar-refractivity contribution in [1.29, 1.82) is 0 Å². The van der Waals surface area contributed by atoms with Crippen LogP contribution in [0.5, 0.6) is 0 Å². The van der Waals surface area contributed by atoms with Crippen molar-refractivity contribution in [2.45, 2.75) is 48.9 Å². The van der Waals surface area contributed by atoms with Crippen LogP contribution in [-0.2, 0) is 4.79 Å². The molecule has 1 aromatic rings. The molecule has 1 saturated carbocycles. The van der Waals surface area contributed by atoms with Crippen LogP contribution in [-0.4, -0.2) is 39.6 Å². The number of carbonyl (C=O) groups is 1. The van der Waals surface area contributed by atoms with Crippen molar-refractivity contribution in [2.24, 2.45) is 5.92 Å². The van der Waals surface area contributed by atoms with Gasteiger partial charge in [0.1, 0.15) is 0 Å². The van der Waals surface area contributed by atoms with E-state index in [9.17, 15) is 4.79 Å². The number of piperidine rings is 1. The van der Waals surface area contributed by atoms with Crippen LogP contribution in [0.4, 0.5) is 5.13 Å². The maximum atomic E-state index is 10.6. The third-order valence-corrected chi connectivity index (χ3v) is 6.28. The number of hydrogen-bond acceptors (Lipinski definition) is 6. The van der Waals surface area contributed by atoms with Crippen molar-refractivity contribution in [1.82, 2.24) is 10.2 Å². The summed E-state index contributed by atoms with van der Waals surface area (Å²) in [5, 5.41) is 18.1. The SMILES string of the molecule is O=C(O)CSc1nnc(N2CCCC3CCCCC32)s1. The van der Waals surface area contributed by atoms with E-state index in [2.05, 4.69) is 15.1 Å². The van der Waals surface area contributed by atoms with Gasteiger partial charge >= 0.3 is 5.97 Å². The molecule has 0 spiro atoms. The van der Waals surface area contributed by atoms with Gasteiger partial charge in [-0.2, -0.15) is 0 Å². The van der Waals surface area contributed by atoms with Crippen LogP contribution in [0.2, 0.25) is 0 Å². The Bertz CT molecular complexity index is 478. The van der Waals surface area contributed by atoms with Gasteiger partial charge in [-0.15, -0.1) is 10.2 Å². The fourth-order valence-electron chi connectivity index (χ4n) is 3.36. The zero-order valence-corrected chi connectivity index (χ0v) is 13.0. The van der Waals surface area contributed by atoms with E-state index in [4.69, 9.17) is 5.11 Å². The number of carboxylic acids is 1. The van der Waals surface area contributed by atoms with E-state index < -0.39 is 5.97 Å². The molecular weight excluding hydrogens is 294 g/mol. The Morgan fingerprint density at radius 2 is 2.10 bits per heavy atom. The Labute approximate surface area is 126 Å². The summed E-state index contributed by atoms with van der Waals surface area (Å²) in [6.45, 7) is 1.07. The molecule has 1 aliphatic carbocycles. The number of rotatable bonds is 4. The van der Waals surface area contributed by atoms with E-state index in [1.807, 2.05) is 0 Å². The lowest BCUT2D eigenvalue weighted by molar-refractivity contribution is -0.133. The number of hydrogen-bond donors (Lipinski definition) is 1. The molecule has 110 valence electrons. The summed E-state index contributed by atoms with van der Waals surface area (Å²) in [6, 6.07) is 0.628. The largest absolute Gasteiger partial charge is 0.481 e. The number of aromatic nitrogens is 2. The number of nitrogens with zero attached hydrogens (tertiary/aromatic N) is 3. The van der Waals surface area contributed by atoms with Crippen molar-refractivity contribution >= 4 is 34.2 Å². The van der Waals surface area contributed by atoms with E-state index in [-0.39, 0.29) is 5.75 Å². The molecule has 2 fully saturated rings. The second-order valence-electron chi connectivity index (χ2n) is 5.48. The molecule has 0 amide bonds. The first kappa shape index (κ1) is 14.1. The number of thioether (sulfide) groups is 1. The van der Waals surface area contributed by atoms with Gasteiger partial charge in [-0.1, -0.05) is 35.9 Å². The van der Waals surface area contributed by atoms with Crippen molar-refractivity contribution in [3.63, 3.8) is 0 Å². The molecular formula is C13H19N3O2S2. The second kappa shape index (κ2) is 6.30. The lowest BCUT2D eigenvalue weighted by Crippen LogP contribution is -2.46. The molecule has 0 bridgehead atoms. The predicted octanol–water partition coefficient (Wildman–Crippen LogP) is 2.87. The number of anilines is 1. The van der Waals surface area contributed by atoms with Crippen molar-refractivity contribution in [2.75, 3.05) is 17.2 Å². The average Bonchev–Trinajstić information content (AvgIpc) is 2.93. The van der Waals surface area contributed by atoms with Crippen LogP contribution in [0.3, 0.4) is 0 Å². The minimum atomic E-state index is -0.808. The molecule has 2 aliphatic rings. The van der Waals surface area contributed by atoms with Crippen LogP contribution in [0.15, 0.2) is 4.34 Å². The van der Waals surface area contributed by atoms with E-state index in [1.165, 1.54) is 50.3 Å². The summed E-state index contributed by atoms with van der Waals surface area (Å²) in [4.78, 5) is 13.0. The van der Waals surface area contributed by atoms with Crippen LogP contribution >= 0.6 is 23.1 Å². The smallest absolute Gasteiger partial charge is 0.313 e. The molecule has 1 aromatic heterocycles. The normalized spacial score (nSPS) is 26.3. The van der Waals surface area contributed by atoms with E-state index >= 15 is 0 Å². The highest BCUT2D eigenvalue weighted by Crippen LogP contribution is 2.39. The average molecular weight is 313 g/mol. The first-order valence-electron chi connectivity index (χ1n) is 7.19. The minimum Gasteiger partial charge on any atom is -0.481 e. The van der Waals surface area contributed by atoms with Crippen LogP contribution < -0.4 is 4.90 Å². The molecule has 0 radical (unpaired) electrons. The summed E-state index contributed by atoms with van der Waals surface area (Å²) in [5.74, 6) is 0.0642. The molecule has 5 nitrogen and oxygen atoms in total. The molecule has 1 N–H and O–H groups in total. The van der Waals surface area contributed by atoms with Crippen LogP contribution in [0, 0.1) is 5.92 Å². The summed E-state index contributed by atoms with van der Waals surface area (Å²) < 4.78 is 0.764. The topological polar surface area (TPSA) is 66.3 Å². The Morgan fingerprint density at radius 3 is 2.95 bits per heavy atom. The molecule has 2 heterocycles. The number of fused-ring (bicyclic) bond motifs is 1. The minimum absolute atomic E-state index is 0.0562. The zero-order chi connectivity index (χ0) is 13.9. The van der Waals surface area contributed by atoms with Gasteiger partial charge in [0.2, 0.25) is 5.13 Å². The fourth-order valence-corrected chi connectivity index (χ4v) is 5.01. The van der Waals surface area contributed by atoms with Gasteiger partial charge in [-0.05, 0) is 31.6 Å². The van der Waals surface area contributed by atoms with E-state index in [0.717, 1.165) is 21.9 Å². The zero-order valence-electron chi connectivity index (χ0n) is 11.3. The standard InChI is InChI=1S/C13H19N3O2S2/c17-11(18)8-19-13-15-14-12(20-13)16-7-3-5-9-4-1-2-6-10(9)16/h9-10H,1-8H2,(H,17,18). The van der Waals surface area contributed by atoms with E-state index in [0.29, 0.717) is 6.04 Å². The van der Waals surface area contributed by atoms with Crippen molar-refractivity contribution in [3.8, 4) is 0 Å². The van der Waals surface area contributed by atoms with Crippen LogP contribution in [0.25, 0.3) is 0 Å². The maximum absolute atomic E-state index is 10.6. The molecule has 1 saturated heterocycles. The Balaban J connectivity index is 1.69. The summed E-state index contributed by atoms with van der Waals surface area (Å²) in [5.41, 5.74) is 0. The van der Waals surface area contributed by atoms with Gasteiger partial charge in [-0.3, -0.25) is 4.79 Å². The summed E-state index contributed by atoms with van der Waals surface area (Å²) in [6.07, 6.45) is 7.88. The molecule has 2 unspecified atom stereocenters. The molecule has 20 heavy (non-hydrogen) atoms. The van der Waals surface area contributed by atoms with Gasteiger partial charge in [0, 0.05) is 12.6 Å². The van der Waals surface area contributed by atoms with Gasteiger partial charge in [0.05, 0.1) is 5.75 Å². The highest BCUT2D eigenvalue weighted by Gasteiger charge is 2.34. The first-order chi connectivity index (χ1) is 9.74. The molecule has 7 heteroatoms. The quantitative estimate of drug-likeness (QED) is 0.862. The van der Waals surface area contributed by atoms with Gasteiger partial charge < -0.3 is 10.0 Å². The lowest BCUT2D eigenvalue weighted by atomic mass is 9.78. The maximum Gasteiger partial charge on any atom is 0.313 e. The number of carboxylic acid groups (broad SMARTS) is 1. The highest BCUT2D eigenvalue weighted by atomic mass is 32.2. The predicted molar refractivity (Wildman–Crippen MR) is 80.6 cm³/mol. The Morgan fingerprint density at radius 1 is 1.30 bits per heavy atom. The third-order valence-electron chi connectivity index (χ3n) is 4.20. The van der Waals surface area contributed by atoms with Crippen molar-refractivity contribution < 1.29 is 9.90 Å². The first-order valence-corrected chi connectivity index (χ1v) is 8.99. The summed E-state index contributed by atoms with van der Waals surface area (Å²) >= 11 is 2.80.